The van der Waals surface area contributed by atoms with Crippen LogP contribution in [0.2, 0.25) is 0 Å². The second-order valence-electron chi connectivity index (χ2n) is 3.83. The van der Waals surface area contributed by atoms with Crippen molar-refractivity contribution < 1.29 is 0 Å². The van der Waals surface area contributed by atoms with E-state index in [2.05, 4.69) is 17.3 Å². The molecule has 0 unspecified atom stereocenters. The van der Waals surface area contributed by atoms with E-state index in [1.807, 2.05) is 0 Å². The number of nitrogens with two attached hydrogens (primary N) is 1. The first-order chi connectivity index (χ1) is 6.18. The molecular weight excluding hydrogens is 182 g/mol. The first-order valence-corrected chi connectivity index (χ1v) is 5.31. The highest BCUT2D eigenvalue weighted by Crippen LogP contribution is 2.18. The lowest BCUT2D eigenvalue weighted by atomic mass is 9.94. The molecule has 3 N–H and O–H groups in total. The first kappa shape index (κ1) is 10.7. The molecule has 0 aromatic rings. The summed E-state index contributed by atoms with van der Waals surface area (Å²) in [7, 11) is 2.18. The lowest BCUT2D eigenvalue weighted by molar-refractivity contribution is 0.213. The van der Waals surface area contributed by atoms with Crippen LogP contribution in [0.25, 0.3) is 0 Å². The van der Waals surface area contributed by atoms with Crippen LogP contribution in [0, 0.1) is 5.92 Å². The highest BCUT2D eigenvalue weighted by molar-refractivity contribution is 7.80. The lowest BCUT2D eigenvalue weighted by Gasteiger charge is -2.28. The number of nitrogens with one attached hydrogen (secondary N) is 1. The molecule has 3 nitrogen and oxygen atoms in total. The van der Waals surface area contributed by atoms with Crippen LogP contribution < -0.4 is 11.1 Å². The van der Waals surface area contributed by atoms with Crippen LogP contribution >= 0.6 is 12.2 Å². The minimum atomic E-state index is 0.424. The fourth-order valence-corrected chi connectivity index (χ4v) is 1.85. The third-order valence-corrected chi connectivity index (χ3v) is 2.83. The molecule has 0 atom stereocenters. The molecule has 0 spiro atoms. The number of hydrogen-bond donors (Lipinski definition) is 2. The molecule has 1 rings (SSSR count). The van der Waals surface area contributed by atoms with Crippen molar-refractivity contribution >= 4 is 17.3 Å². The molecule has 0 saturated carbocycles. The van der Waals surface area contributed by atoms with Gasteiger partial charge in [0.25, 0.3) is 0 Å². The summed E-state index contributed by atoms with van der Waals surface area (Å²) in [5.41, 5.74) is 5.34. The van der Waals surface area contributed by atoms with E-state index < -0.39 is 0 Å². The minimum absolute atomic E-state index is 0.424. The predicted molar refractivity (Wildman–Crippen MR) is 59.6 cm³/mol. The third-order valence-electron chi connectivity index (χ3n) is 2.69. The van der Waals surface area contributed by atoms with Crippen LogP contribution in [0.15, 0.2) is 0 Å². The molecule has 0 radical (unpaired) electrons. The van der Waals surface area contributed by atoms with Crippen LogP contribution in [0.5, 0.6) is 0 Å². The molecule has 0 amide bonds. The molecule has 76 valence electrons. The standard InChI is InChI=1S/C9H19N3S/c1-12-6-3-8(4-7-12)2-5-11-9(10)13/h8H,2-7H2,1H3,(H3,10,11,13). The van der Waals surface area contributed by atoms with Gasteiger partial charge >= 0.3 is 0 Å². The van der Waals surface area contributed by atoms with Crippen LogP contribution in [0.1, 0.15) is 19.3 Å². The fourth-order valence-electron chi connectivity index (χ4n) is 1.75. The molecule has 0 aromatic heterocycles. The smallest absolute Gasteiger partial charge is 0.163 e. The summed E-state index contributed by atoms with van der Waals surface area (Å²) in [5.74, 6) is 0.859. The van der Waals surface area contributed by atoms with Crippen molar-refractivity contribution in [3.63, 3.8) is 0 Å². The summed E-state index contributed by atoms with van der Waals surface area (Å²) in [4.78, 5) is 2.39. The van der Waals surface area contributed by atoms with Gasteiger partial charge in [-0.05, 0) is 57.5 Å². The Labute approximate surface area is 85.7 Å². The Kier molecular flexibility index (Phi) is 4.45. The van der Waals surface area contributed by atoms with Crippen molar-refractivity contribution in [1.29, 1.82) is 0 Å². The van der Waals surface area contributed by atoms with Gasteiger partial charge in [-0.2, -0.15) is 0 Å². The Hall–Kier alpha value is -0.350. The molecule has 0 aromatic carbocycles. The Balaban J connectivity index is 2.05. The third kappa shape index (κ3) is 4.43. The van der Waals surface area contributed by atoms with E-state index in [1.165, 1.54) is 32.4 Å². The predicted octanol–water partition coefficient (Wildman–Crippen LogP) is 0.552. The topological polar surface area (TPSA) is 41.3 Å². The Morgan fingerprint density at radius 2 is 2.15 bits per heavy atom. The molecule has 4 heteroatoms. The summed E-state index contributed by atoms with van der Waals surface area (Å²) >= 11 is 4.74. The maximum Gasteiger partial charge on any atom is 0.163 e. The second kappa shape index (κ2) is 5.40. The summed E-state index contributed by atoms with van der Waals surface area (Å²) in [6.07, 6.45) is 3.83. The fraction of sp³-hybridized carbons (Fsp3) is 0.889. The normalized spacial score (nSPS) is 20.1. The average molecular weight is 201 g/mol. The largest absolute Gasteiger partial charge is 0.376 e. The number of hydrogen-bond acceptors (Lipinski definition) is 2. The number of piperidine rings is 1. The Bertz CT molecular complexity index is 164. The maximum atomic E-state index is 5.34. The summed E-state index contributed by atoms with van der Waals surface area (Å²) in [6, 6.07) is 0. The van der Waals surface area contributed by atoms with E-state index in [4.69, 9.17) is 18.0 Å². The molecule has 1 fully saturated rings. The van der Waals surface area contributed by atoms with E-state index in [0.717, 1.165) is 12.5 Å². The molecule has 1 aliphatic heterocycles. The van der Waals surface area contributed by atoms with Crippen molar-refractivity contribution in [2.24, 2.45) is 11.7 Å². The van der Waals surface area contributed by atoms with Crippen molar-refractivity contribution in [1.82, 2.24) is 10.2 Å². The number of nitrogens with zero attached hydrogens (tertiary/aromatic N) is 1. The summed E-state index contributed by atoms with van der Waals surface area (Å²) < 4.78 is 0. The zero-order valence-corrected chi connectivity index (χ0v) is 9.07. The average Bonchev–Trinajstić information content (AvgIpc) is 2.08. The van der Waals surface area contributed by atoms with Gasteiger partial charge in [-0.25, -0.2) is 0 Å². The van der Waals surface area contributed by atoms with Crippen molar-refractivity contribution in [3.8, 4) is 0 Å². The van der Waals surface area contributed by atoms with E-state index in [1.54, 1.807) is 0 Å². The molecule has 1 aliphatic rings. The van der Waals surface area contributed by atoms with Gasteiger partial charge in [-0.15, -0.1) is 0 Å². The monoisotopic (exact) mass is 201 g/mol. The Morgan fingerprint density at radius 1 is 1.54 bits per heavy atom. The minimum Gasteiger partial charge on any atom is -0.376 e. The van der Waals surface area contributed by atoms with E-state index in [9.17, 15) is 0 Å². The number of rotatable bonds is 3. The maximum absolute atomic E-state index is 5.34. The highest BCUT2D eigenvalue weighted by atomic mass is 32.1. The second-order valence-corrected chi connectivity index (χ2v) is 4.27. The van der Waals surface area contributed by atoms with Crippen LogP contribution in [-0.2, 0) is 0 Å². The zero-order chi connectivity index (χ0) is 9.68. The van der Waals surface area contributed by atoms with Gasteiger partial charge < -0.3 is 16.0 Å². The lowest BCUT2D eigenvalue weighted by Crippen LogP contribution is -2.34. The van der Waals surface area contributed by atoms with E-state index in [0.29, 0.717) is 5.11 Å². The quantitative estimate of drug-likeness (QED) is 0.654. The molecule has 13 heavy (non-hydrogen) atoms. The molecule has 0 aliphatic carbocycles. The Morgan fingerprint density at radius 3 is 2.69 bits per heavy atom. The van der Waals surface area contributed by atoms with Crippen LogP contribution in [0.3, 0.4) is 0 Å². The first-order valence-electron chi connectivity index (χ1n) is 4.90. The molecule has 1 heterocycles. The van der Waals surface area contributed by atoms with Gasteiger partial charge in [0.05, 0.1) is 0 Å². The highest BCUT2D eigenvalue weighted by Gasteiger charge is 2.15. The van der Waals surface area contributed by atoms with E-state index in [-0.39, 0.29) is 0 Å². The summed E-state index contributed by atoms with van der Waals surface area (Å²) in [6.45, 7) is 3.40. The zero-order valence-electron chi connectivity index (χ0n) is 8.25. The van der Waals surface area contributed by atoms with Crippen molar-refractivity contribution in [2.75, 3.05) is 26.7 Å². The summed E-state index contributed by atoms with van der Waals surface area (Å²) in [5, 5.41) is 3.42. The van der Waals surface area contributed by atoms with Gasteiger partial charge in [0.15, 0.2) is 5.11 Å². The molecule has 1 saturated heterocycles. The number of thiocarbonyl (C=S) groups is 1. The van der Waals surface area contributed by atoms with Crippen LogP contribution in [0.4, 0.5) is 0 Å². The van der Waals surface area contributed by atoms with Gasteiger partial charge in [0, 0.05) is 6.54 Å². The molecule has 0 bridgehead atoms. The van der Waals surface area contributed by atoms with Crippen molar-refractivity contribution in [2.45, 2.75) is 19.3 Å². The van der Waals surface area contributed by atoms with Gasteiger partial charge in [0.2, 0.25) is 0 Å². The van der Waals surface area contributed by atoms with Gasteiger partial charge in [-0.1, -0.05) is 0 Å². The number of likely N-dealkylation sites (tertiary alicyclic amines) is 1. The van der Waals surface area contributed by atoms with Crippen molar-refractivity contribution in [3.05, 3.63) is 0 Å². The molecular formula is C9H19N3S. The van der Waals surface area contributed by atoms with Gasteiger partial charge in [0.1, 0.15) is 0 Å². The SMILES string of the molecule is CN1CCC(CCNC(N)=S)CC1. The van der Waals surface area contributed by atoms with Gasteiger partial charge in [-0.3, -0.25) is 0 Å². The van der Waals surface area contributed by atoms with E-state index >= 15 is 0 Å². The van der Waals surface area contributed by atoms with Crippen LogP contribution in [-0.4, -0.2) is 36.7 Å².